The first-order chi connectivity index (χ1) is 4.66. The zero-order valence-corrected chi connectivity index (χ0v) is 7.38. The van der Waals surface area contributed by atoms with Gasteiger partial charge in [0.15, 0.2) is 5.00 Å². The van der Waals surface area contributed by atoms with Gasteiger partial charge in [0.05, 0.1) is 0 Å². The van der Waals surface area contributed by atoms with E-state index in [2.05, 4.69) is 4.90 Å². The summed E-state index contributed by atoms with van der Waals surface area (Å²) in [6.07, 6.45) is 3.56. The summed E-state index contributed by atoms with van der Waals surface area (Å²) < 4.78 is 13.5. The highest BCUT2D eigenvalue weighted by molar-refractivity contribution is 7.99. The van der Waals surface area contributed by atoms with Crippen molar-refractivity contribution in [2.24, 2.45) is 0 Å². The van der Waals surface area contributed by atoms with Crippen LogP contribution in [0.1, 0.15) is 12.8 Å². The third-order valence-corrected chi connectivity index (χ3v) is 3.03. The molecule has 3 heteroatoms. The standard InChI is InChI=1S/C7H14FNS/c1-9-5-3-4-7(8,6-9)10-2/h3-6H2,1-2H3. The lowest BCUT2D eigenvalue weighted by Crippen LogP contribution is -2.40. The predicted molar refractivity (Wildman–Crippen MR) is 44.1 cm³/mol. The molecular weight excluding hydrogens is 149 g/mol. The minimum Gasteiger partial charge on any atom is -0.302 e. The second kappa shape index (κ2) is 3.09. The molecule has 1 atom stereocenters. The van der Waals surface area contributed by atoms with Crippen LogP contribution in [0, 0.1) is 0 Å². The molecule has 0 amide bonds. The van der Waals surface area contributed by atoms with E-state index in [9.17, 15) is 4.39 Å². The average molecular weight is 163 g/mol. The van der Waals surface area contributed by atoms with Gasteiger partial charge in [-0.05, 0) is 32.7 Å². The molecule has 1 aliphatic rings. The SMILES string of the molecule is CSC1(F)CCCN(C)C1. The third-order valence-electron chi connectivity index (χ3n) is 1.96. The molecule has 60 valence electrons. The quantitative estimate of drug-likeness (QED) is 0.579. The highest BCUT2D eigenvalue weighted by atomic mass is 32.2. The highest BCUT2D eigenvalue weighted by Crippen LogP contribution is 2.33. The number of piperidine rings is 1. The van der Waals surface area contributed by atoms with Crippen LogP contribution in [0.4, 0.5) is 4.39 Å². The summed E-state index contributed by atoms with van der Waals surface area (Å²) in [5, 5.41) is -0.965. The smallest absolute Gasteiger partial charge is 0.168 e. The van der Waals surface area contributed by atoms with Crippen LogP contribution in [0.3, 0.4) is 0 Å². The molecule has 0 radical (unpaired) electrons. The predicted octanol–water partition coefficient (Wildman–Crippen LogP) is 1.74. The molecule has 1 nitrogen and oxygen atoms in total. The maximum Gasteiger partial charge on any atom is 0.168 e. The van der Waals surface area contributed by atoms with Gasteiger partial charge in [0.2, 0.25) is 0 Å². The van der Waals surface area contributed by atoms with Crippen molar-refractivity contribution in [3.05, 3.63) is 0 Å². The second-order valence-electron chi connectivity index (χ2n) is 2.93. The Kier molecular flexibility index (Phi) is 2.58. The summed E-state index contributed by atoms with van der Waals surface area (Å²) in [6, 6.07) is 0. The fourth-order valence-corrected chi connectivity index (χ4v) is 2.04. The average Bonchev–Trinajstić information content (AvgIpc) is 1.88. The van der Waals surface area contributed by atoms with Crippen molar-refractivity contribution in [2.75, 3.05) is 26.4 Å². The van der Waals surface area contributed by atoms with Crippen molar-refractivity contribution in [2.45, 2.75) is 17.8 Å². The summed E-state index contributed by atoms with van der Waals surface area (Å²) in [4.78, 5) is 2.06. The summed E-state index contributed by atoms with van der Waals surface area (Å²) in [6.45, 7) is 1.64. The number of thioether (sulfide) groups is 1. The Balaban J connectivity index is 2.45. The summed E-state index contributed by atoms with van der Waals surface area (Å²) >= 11 is 1.34. The lowest BCUT2D eigenvalue weighted by molar-refractivity contribution is 0.137. The maximum atomic E-state index is 13.5. The number of hydrogen-bond donors (Lipinski definition) is 0. The van der Waals surface area contributed by atoms with Crippen LogP contribution < -0.4 is 0 Å². The summed E-state index contributed by atoms with van der Waals surface area (Å²) in [5.74, 6) is 0. The largest absolute Gasteiger partial charge is 0.302 e. The second-order valence-corrected chi connectivity index (χ2v) is 4.07. The molecule has 1 heterocycles. The Morgan fingerprint density at radius 1 is 1.60 bits per heavy atom. The van der Waals surface area contributed by atoms with Crippen molar-refractivity contribution in [1.82, 2.24) is 4.90 Å². The molecule has 0 aromatic heterocycles. The lowest BCUT2D eigenvalue weighted by atomic mass is 10.1. The van der Waals surface area contributed by atoms with Crippen molar-refractivity contribution in [3.8, 4) is 0 Å². The van der Waals surface area contributed by atoms with Crippen molar-refractivity contribution < 1.29 is 4.39 Å². The van der Waals surface area contributed by atoms with Crippen LogP contribution in [0.15, 0.2) is 0 Å². The van der Waals surface area contributed by atoms with E-state index in [1.54, 1.807) is 0 Å². The van der Waals surface area contributed by atoms with Gasteiger partial charge in [0, 0.05) is 6.54 Å². The Labute approximate surface area is 66.0 Å². The van der Waals surface area contributed by atoms with Crippen LogP contribution in [0.2, 0.25) is 0 Å². The van der Waals surface area contributed by atoms with Crippen molar-refractivity contribution in [3.63, 3.8) is 0 Å². The maximum absolute atomic E-state index is 13.5. The van der Waals surface area contributed by atoms with E-state index in [1.165, 1.54) is 11.8 Å². The van der Waals surface area contributed by atoms with Gasteiger partial charge in [-0.3, -0.25) is 0 Å². The molecule has 0 saturated carbocycles. The van der Waals surface area contributed by atoms with E-state index in [0.717, 1.165) is 19.4 Å². The van der Waals surface area contributed by atoms with E-state index < -0.39 is 5.00 Å². The first-order valence-electron chi connectivity index (χ1n) is 3.59. The van der Waals surface area contributed by atoms with Gasteiger partial charge in [-0.15, -0.1) is 11.8 Å². The van der Waals surface area contributed by atoms with Gasteiger partial charge in [-0.2, -0.15) is 0 Å². The van der Waals surface area contributed by atoms with Crippen molar-refractivity contribution in [1.29, 1.82) is 0 Å². The zero-order valence-electron chi connectivity index (χ0n) is 6.56. The van der Waals surface area contributed by atoms with E-state index in [0.29, 0.717) is 6.54 Å². The van der Waals surface area contributed by atoms with Gasteiger partial charge in [0.25, 0.3) is 0 Å². The minimum absolute atomic E-state index is 0.591. The number of nitrogens with zero attached hydrogens (tertiary/aromatic N) is 1. The van der Waals surface area contributed by atoms with Crippen LogP contribution in [-0.2, 0) is 0 Å². The van der Waals surface area contributed by atoms with Crippen LogP contribution in [0.25, 0.3) is 0 Å². The lowest BCUT2D eigenvalue weighted by Gasteiger charge is -2.33. The molecule has 0 N–H and O–H groups in total. The third kappa shape index (κ3) is 1.86. The Morgan fingerprint density at radius 3 is 2.70 bits per heavy atom. The molecule has 0 bridgehead atoms. The topological polar surface area (TPSA) is 3.24 Å². The highest BCUT2D eigenvalue weighted by Gasteiger charge is 2.32. The monoisotopic (exact) mass is 163 g/mol. The number of likely N-dealkylation sites (tertiary alicyclic amines) is 1. The Bertz CT molecular complexity index is 120. The Hall–Kier alpha value is 0.240. The minimum atomic E-state index is -0.965. The molecule has 10 heavy (non-hydrogen) atoms. The summed E-state index contributed by atoms with van der Waals surface area (Å²) in [5.41, 5.74) is 0. The van der Waals surface area contributed by atoms with E-state index in [-0.39, 0.29) is 0 Å². The fourth-order valence-electron chi connectivity index (χ4n) is 1.34. The van der Waals surface area contributed by atoms with Crippen LogP contribution in [0.5, 0.6) is 0 Å². The van der Waals surface area contributed by atoms with Crippen LogP contribution >= 0.6 is 11.8 Å². The van der Waals surface area contributed by atoms with E-state index in [1.807, 2.05) is 13.3 Å². The fraction of sp³-hybridized carbons (Fsp3) is 1.00. The molecule has 0 aromatic carbocycles. The van der Waals surface area contributed by atoms with Gasteiger partial charge in [-0.25, -0.2) is 4.39 Å². The summed E-state index contributed by atoms with van der Waals surface area (Å²) in [7, 11) is 1.98. The zero-order chi connectivity index (χ0) is 7.61. The normalized spacial score (nSPS) is 36.3. The van der Waals surface area contributed by atoms with Gasteiger partial charge in [0.1, 0.15) is 0 Å². The van der Waals surface area contributed by atoms with Gasteiger partial charge >= 0.3 is 0 Å². The molecule has 1 fully saturated rings. The number of alkyl halides is 1. The number of rotatable bonds is 1. The van der Waals surface area contributed by atoms with Crippen molar-refractivity contribution >= 4 is 11.8 Å². The molecule has 1 rings (SSSR count). The molecule has 0 spiro atoms. The molecule has 0 aromatic rings. The van der Waals surface area contributed by atoms with Crippen LogP contribution in [-0.4, -0.2) is 36.3 Å². The number of halogens is 1. The number of hydrogen-bond acceptors (Lipinski definition) is 2. The van der Waals surface area contributed by atoms with E-state index in [4.69, 9.17) is 0 Å². The van der Waals surface area contributed by atoms with Gasteiger partial charge < -0.3 is 4.90 Å². The Morgan fingerprint density at radius 2 is 2.30 bits per heavy atom. The first kappa shape index (κ1) is 8.34. The molecule has 1 aliphatic heterocycles. The molecule has 0 aliphatic carbocycles. The molecule has 1 unspecified atom stereocenters. The van der Waals surface area contributed by atoms with Gasteiger partial charge in [-0.1, -0.05) is 0 Å². The molecular formula is C7H14FNS. The molecule has 1 saturated heterocycles. The first-order valence-corrected chi connectivity index (χ1v) is 4.81. The van der Waals surface area contributed by atoms with E-state index >= 15 is 0 Å².